The van der Waals surface area contributed by atoms with Gasteiger partial charge in [-0.3, -0.25) is 0 Å². The first-order chi connectivity index (χ1) is 11.7. The number of hydrogen-bond donors (Lipinski definition) is 6. The van der Waals surface area contributed by atoms with Gasteiger partial charge < -0.3 is 40.2 Å². The number of aldehydes is 1. The van der Waals surface area contributed by atoms with Gasteiger partial charge in [-0.05, 0) is 24.1 Å². The van der Waals surface area contributed by atoms with Crippen molar-refractivity contribution in [2.24, 2.45) is 0 Å². The Balaban J connectivity index is 0.000000462. The summed E-state index contributed by atoms with van der Waals surface area (Å²) in [5.74, 6) is -1.08. The molecular weight excluding hydrogens is 336 g/mol. The molecule has 0 saturated carbocycles. The fraction of sp³-hybridized carbons (Fsp3) is 0.375. The zero-order valence-electron chi connectivity index (χ0n) is 13.5. The Hall–Kier alpha value is -2.46. The second-order valence-electron chi connectivity index (χ2n) is 4.89. The summed E-state index contributed by atoms with van der Waals surface area (Å²) >= 11 is 0. The Morgan fingerprint density at radius 1 is 1.24 bits per heavy atom. The molecule has 0 spiro atoms. The SMILES string of the molecule is C=CCc1ccc(O)c(OC)c1.O=CC(O)C(O)C(O)C(O)C(=O)O. The van der Waals surface area contributed by atoms with Crippen LogP contribution in [0.4, 0.5) is 0 Å². The first kappa shape index (κ1) is 22.5. The van der Waals surface area contributed by atoms with Gasteiger partial charge in [0, 0.05) is 0 Å². The van der Waals surface area contributed by atoms with E-state index in [9.17, 15) is 14.7 Å². The molecule has 0 heterocycles. The second kappa shape index (κ2) is 11.2. The molecule has 6 N–H and O–H groups in total. The number of hydrogen-bond acceptors (Lipinski definition) is 8. The molecule has 4 unspecified atom stereocenters. The van der Waals surface area contributed by atoms with Gasteiger partial charge in [0.2, 0.25) is 0 Å². The number of carboxylic acids is 1. The van der Waals surface area contributed by atoms with Crippen molar-refractivity contribution in [3.8, 4) is 11.5 Å². The molecule has 0 aromatic heterocycles. The van der Waals surface area contributed by atoms with Crippen LogP contribution in [-0.4, -0.2) is 74.4 Å². The molecule has 25 heavy (non-hydrogen) atoms. The van der Waals surface area contributed by atoms with Crippen molar-refractivity contribution >= 4 is 12.3 Å². The minimum absolute atomic E-state index is 0.0809. The number of aliphatic carboxylic acids is 1. The molecule has 0 aliphatic rings. The maximum absolute atomic E-state index is 10.1. The summed E-state index contributed by atoms with van der Waals surface area (Å²) in [6, 6.07) is 5.27. The van der Waals surface area contributed by atoms with Crippen molar-refractivity contribution in [3.63, 3.8) is 0 Å². The maximum atomic E-state index is 10.1. The lowest BCUT2D eigenvalue weighted by Gasteiger charge is -2.21. The van der Waals surface area contributed by atoms with Crippen LogP contribution in [0.1, 0.15) is 5.56 Å². The van der Waals surface area contributed by atoms with Gasteiger partial charge in [-0.1, -0.05) is 12.1 Å². The number of carboxylic acid groups (broad SMARTS) is 1. The Bertz CT molecular complexity index is 573. The number of rotatable bonds is 8. The van der Waals surface area contributed by atoms with Gasteiger partial charge >= 0.3 is 5.97 Å². The molecule has 0 radical (unpaired) electrons. The number of carbonyl (C=O) groups is 2. The predicted molar refractivity (Wildman–Crippen MR) is 86.3 cm³/mol. The van der Waals surface area contributed by atoms with E-state index in [1.807, 2.05) is 12.1 Å². The molecule has 9 heteroatoms. The van der Waals surface area contributed by atoms with Gasteiger partial charge in [0.15, 0.2) is 23.9 Å². The average molecular weight is 358 g/mol. The zero-order chi connectivity index (χ0) is 19.6. The first-order valence-electron chi connectivity index (χ1n) is 7.06. The van der Waals surface area contributed by atoms with Crippen molar-refractivity contribution in [2.75, 3.05) is 7.11 Å². The molecule has 9 nitrogen and oxygen atoms in total. The van der Waals surface area contributed by atoms with Gasteiger partial charge in [-0.2, -0.15) is 0 Å². The molecule has 140 valence electrons. The molecule has 4 atom stereocenters. The summed E-state index contributed by atoms with van der Waals surface area (Å²) in [6.07, 6.45) is -5.79. The summed E-state index contributed by atoms with van der Waals surface area (Å²) in [5, 5.41) is 52.4. The van der Waals surface area contributed by atoms with Crippen molar-refractivity contribution in [2.45, 2.75) is 30.8 Å². The Morgan fingerprint density at radius 3 is 2.28 bits per heavy atom. The van der Waals surface area contributed by atoms with Gasteiger partial charge in [0.05, 0.1) is 7.11 Å². The number of ether oxygens (including phenoxy) is 1. The molecule has 0 bridgehead atoms. The van der Waals surface area contributed by atoms with E-state index in [2.05, 4.69) is 6.58 Å². The Morgan fingerprint density at radius 2 is 1.84 bits per heavy atom. The molecule has 1 aromatic rings. The van der Waals surface area contributed by atoms with Crippen LogP contribution in [0.15, 0.2) is 30.9 Å². The lowest BCUT2D eigenvalue weighted by atomic mass is 10.0. The van der Waals surface area contributed by atoms with Crippen LogP contribution in [-0.2, 0) is 16.0 Å². The van der Waals surface area contributed by atoms with E-state index in [1.54, 1.807) is 12.1 Å². The smallest absolute Gasteiger partial charge is 0.335 e. The number of benzene rings is 1. The Kier molecular flexibility index (Phi) is 10.1. The minimum atomic E-state index is -2.25. The quantitative estimate of drug-likeness (QED) is 0.248. The van der Waals surface area contributed by atoms with E-state index in [0.717, 1.165) is 12.0 Å². The Labute approximate surface area is 144 Å². The molecule has 0 amide bonds. The highest BCUT2D eigenvalue weighted by Gasteiger charge is 2.33. The number of aliphatic hydroxyl groups is 4. The molecule has 1 rings (SSSR count). The summed E-state index contributed by atoms with van der Waals surface area (Å²) in [5.41, 5.74) is 1.08. The number of phenolic OH excluding ortho intramolecular Hbond substituents is 1. The highest BCUT2D eigenvalue weighted by atomic mass is 16.5. The number of carbonyl (C=O) groups excluding carboxylic acids is 1. The third-order valence-corrected chi connectivity index (χ3v) is 3.04. The van der Waals surface area contributed by atoms with E-state index >= 15 is 0 Å². The van der Waals surface area contributed by atoms with E-state index in [4.69, 9.17) is 30.3 Å². The fourth-order valence-corrected chi connectivity index (χ4v) is 1.63. The van der Waals surface area contributed by atoms with E-state index in [1.165, 1.54) is 7.11 Å². The minimum Gasteiger partial charge on any atom is -0.504 e. The number of methoxy groups -OCH3 is 1. The number of aliphatic hydroxyl groups excluding tert-OH is 4. The van der Waals surface area contributed by atoms with Crippen LogP contribution in [0, 0.1) is 0 Å². The van der Waals surface area contributed by atoms with E-state index in [-0.39, 0.29) is 12.0 Å². The van der Waals surface area contributed by atoms with Gasteiger partial charge in [-0.15, -0.1) is 6.58 Å². The van der Waals surface area contributed by atoms with E-state index < -0.39 is 30.4 Å². The van der Waals surface area contributed by atoms with Gasteiger partial charge in [0.1, 0.15) is 18.3 Å². The second-order valence-corrected chi connectivity index (χ2v) is 4.89. The number of allylic oxidation sites excluding steroid dienone is 1. The standard InChI is InChI=1S/C10H12O2.C6H10O7/c1-3-4-8-5-6-9(11)10(7-8)12-2;7-1-2(8)3(9)4(10)5(11)6(12)13/h3,5-7,11H,1,4H2,2H3;1-5,8-11H,(H,12,13). The van der Waals surface area contributed by atoms with Crippen molar-refractivity contribution in [1.82, 2.24) is 0 Å². The van der Waals surface area contributed by atoms with Crippen molar-refractivity contribution < 1.29 is 45.0 Å². The van der Waals surface area contributed by atoms with Crippen LogP contribution in [0.25, 0.3) is 0 Å². The van der Waals surface area contributed by atoms with Crippen molar-refractivity contribution in [1.29, 1.82) is 0 Å². The maximum Gasteiger partial charge on any atom is 0.335 e. The third-order valence-electron chi connectivity index (χ3n) is 3.04. The van der Waals surface area contributed by atoms with Crippen molar-refractivity contribution in [3.05, 3.63) is 36.4 Å². The molecule has 0 saturated heterocycles. The summed E-state index contributed by atoms with van der Waals surface area (Å²) in [7, 11) is 1.53. The highest BCUT2D eigenvalue weighted by Crippen LogP contribution is 2.26. The lowest BCUT2D eigenvalue weighted by Crippen LogP contribution is -2.48. The summed E-state index contributed by atoms with van der Waals surface area (Å²) < 4.78 is 4.95. The van der Waals surface area contributed by atoms with Crippen LogP contribution >= 0.6 is 0 Å². The number of aromatic hydroxyl groups is 1. The first-order valence-corrected chi connectivity index (χ1v) is 7.06. The topological polar surface area (TPSA) is 165 Å². The van der Waals surface area contributed by atoms with Gasteiger partial charge in [-0.25, -0.2) is 4.79 Å². The third kappa shape index (κ3) is 7.31. The molecule has 1 aromatic carbocycles. The van der Waals surface area contributed by atoms with Gasteiger partial charge in [0.25, 0.3) is 0 Å². The molecule has 0 aliphatic carbocycles. The van der Waals surface area contributed by atoms with Crippen LogP contribution in [0.3, 0.4) is 0 Å². The molecule has 0 fully saturated rings. The van der Waals surface area contributed by atoms with Crippen LogP contribution in [0.2, 0.25) is 0 Å². The van der Waals surface area contributed by atoms with E-state index in [0.29, 0.717) is 5.75 Å². The molecule has 0 aliphatic heterocycles. The number of phenols is 1. The van der Waals surface area contributed by atoms with Crippen LogP contribution < -0.4 is 4.74 Å². The zero-order valence-corrected chi connectivity index (χ0v) is 13.5. The lowest BCUT2D eigenvalue weighted by molar-refractivity contribution is -0.163. The average Bonchev–Trinajstić information content (AvgIpc) is 2.61. The normalized spacial score (nSPS) is 14.9. The summed E-state index contributed by atoms with van der Waals surface area (Å²) in [4.78, 5) is 20.0. The summed E-state index contributed by atoms with van der Waals surface area (Å²) in [6.45, 7) is 3.63. The largest absolute Gasteiger partial charge is 0.504 e. The predicted octanol–water partition coefficient (Wildman–Crippen LogP) is -1.16. The fourth-order valence-electron chi connectivity index (χ4n) is 1.63. The molecular formula is C16H22O9. The monoisotopic (exact) mass is 358 g/mol. The highest BCUT2D eigenvalue weighted by molar-refractivity contribution is 5.73. The van der Waals surface area contributed by atoms with Crippen LogP contribution in [0.5, 0.6) is 11.5 Å².